The zero-order valence-electron chi connectivity index (χ0n) is 17.7. The number of ketones is 1. The minimum atomic E-state index is -0.919. The Labute approximate surface area is 181 Å². The summed E-state index contributed by atoms with van der Waals surface area (Å²) in [5.41, 5.74) is 2.78. The number of Topliss-reactive ketones (excluding diaryl/α,β-unsaturated/α-hetero) is 1. The number of carbonyl (C=O) groups is 3. The van der Waals surface area contributed by atoms with Gasteiger partial charge in [-0.1, -0.05) is 30.7 Å². The van der Waals surface area contributed by atoms with E-state index in [1.165, 1.54) is 7.11 Å². The number of nitrogens with one attached hydrogen (secondary N) is 1. The fourth-order valence-corrected chi connectivity index (χ4v) is 4.45. The third-order valence-corrected chi connectivity index (χ3v) is 5.72. The van der Waals surface area contributed by atoms with E-state index in [1.54, 1.807) is 39.0 Å². The molecule has 0 saturated heterocycles. The number of hydrogen-bond acceptors (Lipinski definition) is 6. The number of ether oxygens (including phenoxy) is 2. The SMILES string of the molecule is COC(=O)[C@H]1C(=O)C2=C(C[C@@H]1C)NC(C)=C(C(=O)OC(C)C)[C@@H]2c1cccc(Cl)c1. The summed E-state index contributed by atoms with van der Waals surface area (Å²) in [6.07, 6.45) is 0.167. The molecule has 160 valence electrons. The summed E-state index contributed by atoms with van der Waals surface area (Å²) in [4.78, 5) is 38.9. The Kier molecular flexibility index (Phi) is 6.36. The molecule has 0 spiro atoms. The lowest BCUT2D eigenvalue weighted by atomic mass is 9.69. The molecule has 1 heterocycles. The molecular formula is C23H26ClNO5. The number of allylic oxidation sites excluding steroid dienone is 3. The Balaban J connectivity index is 2.19. The van der Waals surface area contributed by atoms with Crippen molar-refractivity contribution in [3.63, 3.8) is 0 Å². The molecule has 2 aliphatic rings. The van der Waals surface area contributed by atoms with Crippen LogP contribution in [0.15, 0.2) is 46.8 Å². The molecule has 7 heteroatoms. The van der Waals surface area contributed by atoms with Crippen LogP contribution in [0.3, 0.4) is 0 Å². The zero-order valence-corrected chi connectivity index (χ0v) is 18.5. The predicted molar refractivity (Wildman–Crippen MR) is 113 cm³/mol. The van der Waals surface area contributed by atoms with E-state index in [-0.39, 0.29) is 17.8 Å². The summed E-state index contributed by atoms with van der Waals surface area (Å²) in [6, 6.07) is 7.05. The normalized spacial score (nSPS) is 23.8. The Hall–Kier alpha value is -2.60. The summed E-state index contributed by atoms with van der Waals surface area (Å²) < 4.78 is 10.4. The van der Waals surface area contributed by atoms with E-state index in [9.17, 15) is 14.4 Å². The number of methoxy groups -OCH3 is 1. The van der Waals surface area contributed by atoms with Gasteiger partial charge in [0.05, 0.1) is 18.8 Å². The monoisotopic (exact) mass is 431 g/mol. The van der Waals surface area contributed by atoms with Gasteiger partial charge in [0.1, 0.15) is 5.92 Å². The smallest absolute Gasteiger partial charge is 0.337 e. The fourth-order valence-electron chi connectivity index (χ4n) is 4.25. The first-order valence-corrected chi connectivity index (χ1v) is 10.3. The summed E-state index contributed by atoms with van der Waals surface area (Å²) in [7, 11) is 1.27. The van der Waals surface area contributed by atoms with Gasteiger partial charge in [0.25, 0.3) is 0 Å². The van der Waals surface area contributed by atoms with Crippen molar-refractivity contribution >= 4 is 29.3 Å². The van der Waals surface area contributed by atoms with Crippen LogP contribution in [0.25, 0.3) is 0 Å². The molecule has 0 saturated carbocycles. The second-order valence-corrected chi connectivity index (χ2v) is 8.48. The number of benzene rings is 1. The first-order chi connectivity index (χ1) is 14.1. The van der Waals surface area contributed by atoms with E-state index in [2.05, 4.69) is 5.32 Å². The summed E-state index contributed by atoms with van der Waals surface area (Å²) >= 11 is 6.23. The molecule has 1 aliphatic heterocycles. The van der Waals surface area contributed by atoms with Crippen molar-refractivity contribution in [1.82, 2.24) is 5.32 Å². The number of carbonyl (C=O) groups excluding carboxylic acids is 3. The molecule has 1 aromatic carbocycles. The van der Waals surface area contributed by atoms with Crippen LogP contribution < -0.4 is 5.32 Å². The summed E-state index contributed by atoms with van der Waals surface area (Å²) in [5, 5.41) is 3.72. The van der Waals surface area contributed by atoms with Gasteiger partial charge in [0.15, 0.2) is 5.78 Å². The number of rotatable bonds is 4. The van der Waals surface area contributed by atoms with Crippen molar-refractivity contribution in [3.8, 4) is 0 Å². The molecule has 1 N–H and O–H groups in total. The highest BCUT2D eigenvalue weighted by atomic mass is 35.5. The van der Waals surface area contributed by atoms with Crippen molar-refractivity contribution in [2.45, 2.75) is 46.1 Å². The first kappa shape index (κ1) is 22.1. The lowest BCUT2D eigenvalue weighted by Crippen LogP contribution is -2.43. The molecule has 3 atom stereocenters. The van der Waals surface area contributed by atoms with Gasteiger partial charge in [0, 0.05) is 27.9 Å². The van der Waals surface area contributed by atoms with Crippen LogP contribution >= 0.6 is 11.6 Å². The number of esters is 2. The molecule has 0 fully saturated rings. The first-order valence-electron chi connectivity index (χ1n) is 9.95. The molecule has 6 nitrogen and oxygen atoms in total. The quantitative estimate of drug-likeness (QED) is 0.575. The van der Waals surface area contributed by atoms with Crippen LogP contribution in [-0.4, -0.2) is 30.9 Å². The van der Waals surface area contributed by atoms with Crippen LogP contribution in [-0.2, 0) is 23.9 Å². The van der Waals surface area contributed by atoms with E-state index in [0.717, 1.165) is 5.70 Å². The highest BCUT2D eigenvalue weighted by molar-refractivity contribution is 6.30. The van der Waals surface area contributed by atoms with E-state index in [0.29, 0.717) is 33.9 Å². The van der Waals surface area contributed by atoms with Crippen LogP contribution in [0, 0.1) is 11.8 Å². The van der Waals surface area contributed by atoms with Gasteiger partial charge < -0.3 is 14.8 Å². The lowest BCUT2D eigenvalue weighted by Gasteiger charge is -2.38. The molecular weight excluding hydrogens is 406 g/mol. The molecule has 0 bridgehead atoms. The number of dihydropyridines is 1. The molecule has 1 aromatic rings. The van der Waals surface area contributed by atoms with Gasteiger partial charge >= 0.3 is 11.9 Å². The molecule has 0 radical (unpaired) electrons. The van der Waals surface area contributed by atoms with Crippen LogP contribution in [0.5, 0.6) is 0 Å². The average Bonchev–Trinajstić information content (AvgIpc) is 2.65. The molecule has 30 heavy (non-hydrogen) atoms. The minimum absolute atomic E-state index is 0.229. The maximum absolute atomic E-state index is 13.5. The maximum atomic E-state index is 13.5. The topological polar surface area (TPSA) is 81.7 Å². The molecule has 0 amide bonds. The predicted octanol–water partition coefficient (Wildman–Crippen LogP) is 3.90. The second kappa shape index (κ2) is 8.64. The third kappa shape index (κ3) is 4.01. The molecule has 3 rings (SSSR count). The Morgan fingerprint density at radius 1 is 1.27 bits per heavy atom. The van der Waals surface area contributed by atoms with E-state index < -0.39 is 23.8 Å². The summed E-state index contributed by atoms with van der Waals surface area (Å²) in [5.74, 6) is -3.24. The van der Waals surface area contributed by atoms with Crippen LogP contribution in [0.4, 0.5) is 0 Å². The van der Waals surface area contributed by atoms with Crippen molar-refractivity contribution < 1.29 is 23.9 Å². The Bertz CT molecular complexity index is 962. The number of halogens is 1. The molecule has 1 aliphatic carbocycles. The highest BCUT2D eigenvalue weighted by Gasteiger charge is 2.47. The van der Waals surface area contributed by atoms with Crippen molar-refractivity contribution in [2.75, 3.05) is 7.11 Å². The van der Waals surface area contributed by atoms with Gasteiger partial charge in [0.2, 0.25) is 0 Å². The Morgan fingerprint density at radius 2 is 1.97 bits per heavy atom. The van der Waals surface area contributed by atoms with Crippen LogP contribution in [0.1, 0.15) is 45.6 Å². The maximum Gasteiger partial charge on any atom is 0.337 e. The van der Waals surface area contributed by atoms with Gasteiger partial charge in [-0.2, -0.15) is 0 Å². The van der Waals surface area contributed by atoms with E-state index in [4.69, 9.17) is 21.1 Å². The van der Waals surface area contributed by atoms with Crippen molar-refractivity contribution in [3.05, 3.63) is 57.4 Å². The zero-order chi connectivity index (χ0) is 22.2. The van der Waals surface area contributed by atoms with Gasteiger partial charge in [-0.15, -0.1) is 0 Å². The minimum Gasteiger partial charge on any atom is -0.468 e. The lowest BCUT2D eigenvalue weighted by molar-refractivity contribution is -0.151. The van der Waals surface area contributed by atoms with Crippen LogP contribution in [0.2, 0.25) is 5.02 Å². The highest BCUT2D eigenvalue weighted by Crippen LogP contribution is 2.45. The second-order valence-electron chi connectivity index (χ2n) is 8.04. The van der Waals surface area contributed by atoms with E-state index >= 15 is 0 Å². The van der Waals surface area contributed by atoms with Gasteiger partial charge in [-0.3, -0.25) is 9.59 Å². The fraction of sp³-hybridized carbons (Fsp3) is 0.435. The summed E-state index contributed by atoms with van der Waals surface area (Å²) in [6.45, 7) is 7.18. The van der Waals surface area contributed by atoms with Crippen molar-refractivity contribution in [2.24, 2.45) is 11.8 Å². The average molecular weight is 432 g/mol. The largest absolute Gasteiger partial charge is 0.468 e. The molecule has 0 aromatic heterocycles. The van der Waals surface area contributed by atoms with E-state index in [1.807, 2.05) is 13.0 Å². The third-order valence-electron chi connectivity index (χ3n) is 5.49. The van der Waals surface area contributed by atoms with Crippen molar-refractivity contribution in [1.29, 1.82) is 0 Å². The van der Waals surface area contributed by atoms with Gasteiger partial charge in [-0.25, -0.2) is 4.79 Å². The van der Waals surface area contributed by atoms with Gasteiger partial charge in [-0.05, 0) is 50.8 Å². The number of hydrogen-bond donors (Lipinski definition) is 1. The molecule has 0 unspecified atom stereocenters. The standard InChI is InChI=1S/C23H26ClNO5/c1-11(2)30-23(28)18-13(4)25-16-9-12(3)17(22(27)29-5)21(26)20(16)19(18)14-7-6-8-15(24)10-14/h6-8,10-12,17,19,25H,9H2,1-5H3/t12-,17+,19-/m0/s1. The Morgan fingerprint density at radius 3 is 2.57 bits per heavy atom.